The van der Waals surface area contributed by atoms with Crippen LogP contribution in [0.25, 0.3) is 0 Å². The van der Waals surface area contributed by atoms with E-state index in [-0.39, 0.29) is 5.69 Å². The second kappa shape index (κ2) is 7.22. The molecule has 1 heterocycles. The van der Waals surface area contributed by atoms with E-state index in [1.165, 1.54) is 17.4 Å². The summed E-state index contributed by atoms with van der Waals surface area (Å²) in [4.78, 5) is 13.2. The second-order valence-electron chi connectivity index (χ2n) is 5.02. The molecule has 0 amide bonds. The van der Waals surface area contributed by atoms with Crippen LogP contribution in [0.4, 0.5) is 10.7 Å². The topological polar surface area (TPSA) is 90.4 Å². The van der Waals surface area contributed by atoms with Crippen LogP contribution in [0, 0.1) is 27.4 Å². The van der Waals surface area contributed by atoms with E-state index in [0.29, 0.717) is 35.3 Å². The molecular weight excluding hydrogens is 278 g/mol. The van der Waals surface area contributed by atoms with Crippen molar-refractivity contribution >= 4 is 22.0 Å². The average molecular weight is 297 g/mol. The normalized spacial score (nSPS) is 12.2. The zero-order valence-electron chi connectivity index (χ0n) is 11.9. The molecule has 0 aliphatic heterocycles. The van der Waals surface area contributed by atoms with E-state index in [0.717, 1.165) is 0 Å². The molecule has 110 valence electrons. The van der Waals surface area contributed by atoms with Gasteiger partial charge in [0.2, 0.25) is 0 Å². The minimum absolute atomic E-state index is 0.00416. The van der Waals surface area contributed by atoms with Crippen molar-refractivity contribution in [1.82, 2.24) is 0 Å². The molecule has 0 fully saturated rings. The van der Waals surface area contributed by atoms with Gasteiger partial charge < -0.3 is 10.0 Å². The molecule has 1 rings (SSSR count). The maximum atomic E-state index is 11.2. The van der Waals surface area contributed by atoms with E-state index in [9.17, 15) is 15.2 Å². The monoisotopic (exact) mass is 297 g/mol. The number of aliphatic hydroxyl groups is 1. The second-order valence-corrected chi connectivity index (χ2v) is 6.08. The lowest BCUT2D eigenvalue weighted by atomic mass is 10.2. The van der Waals surface area contributed by atoms with Gasteiger partial charge in [-0.2, -0.15) is 5.26 Å². The molecule has 7 heteroatoms. The Labute approximate surface area is 122 Å². The summed E-state index contributed by atoms with van der Waals surface area (Å²) in [6, 6.07) is 3.48. The van der Waals surface area contributed by atoms with Gasteiger partial charge in [0, 0.05) is 24.0 Å². The fraction of sp³-hybridized carbons (Fsp3) is 0.615. The van der Waals surface area contributed by atoms with Crippen LogP contribution in [0.1, 0.15) is 38.2 Å². The molecular formula is C13H19N3O3S. The molecule has 0 aliphatic carbocycles. The van der Waals surface area contributed by atoms with Gasteiger partial charge in [0.05, 0.1) is 23.5 Å². The Hall–Kier alpha value is -1.65. The molecule has 0 aromatic carbocycles. The van der Waals surface area contributed by atoms with Gasteiger partial charge in [0.15, 0.2) is 5.00 Å². The van der Waals surface area contributed by atoms with Gasteiger partial charge >= 0.3 is 5.69 Å². The molecule has 1 unspecified atom stereocenters. The summed E-state index contributed by atoms with van der Waals surface area (Å²) in [5, 5.41) is 30.0. The van der Waals surface area contributed by atoms with Gasteiger partial charge in [-0.25, -0.2) is 0 Å². The highest BCUT2D eigenvalue weighted by atomic mass is 32.1. The van der Waals surface area contributed by atoms with Crippen molar-refractivity contribution in [2.45, 2.75) is 33.3 Å². The summed E-state index contributed by atoms with van der Waals surface area (Å²) < 4.78 is 0. The van der Waals surface area contributed by atoms with Crippen LogP contribution in [-0.4, -0.2) is 23.1 Å². The van der Waals surface area contributed by atoms with E-state index in [4.69, 9.17) is 5.26 Å². The largest absolute Gasteiger partial charge is 0.388 e. The zero-order chi connectivity index (χ0) is 15.3. The van der Waals surface area contributed by atoms with Crippen LogP contribution in [0.5, 0.6) is 0 Å². The van der Waals surface area contributed by atoms with Gasteiger partial charge in [-0.1, -0.05) is 13.8 Å². The molecule has 1 aromatic rings. The van der Waals surface area contributed by atoms with E-state index in [2.05, 4.69) is 6.07 Å². The van der Waals surface area contributed by atoms with Crippen LogP contribution >= 0.6 is 11.3 Å². The number of thiophene rings is 1. The summed E-state index contributed by atoms with van der Waals surface area (Å²) in [6.07, 6.45) is -0.421. The van der Waals surface area contributed by atoms with Crippen molar-refractivity contribution in [3.63, 3.8) is 0 Å². The number of aliphatic hydroxyl groups excluding tert-OH is 1. The summed E-state index contributed by atoms with van der Waals surface area (Å²) >= 11 is 1.22. The Morgan fingerprint density at radius 1 is 1.55 bits per heavy atom. The average Bonchev–Trinajstić information content (AvgIpc) is 2.79. The van der Waals surface area contributed by atoms with Crippen molar-refractivity contribution in [2.75, 3.05) is 18.0 Å². The molecule has 1 N–H and O–H groups in total. The van der Waals surface area contributed by atoms with Gasteiger partial charge in [-0.05, 0) is 12.8 Å². The Kier molecular flexibility index (Phi) is 5.92. The summed E-state index contributed by atoms with van der Waals surface area (Å²) in [7, 11) is 0. The molecule has 0 aliphatic rings. The summed E-state index contributed by atoms with van der Waals surface area (Å²) in [6.45, 7) is 6.72. The third kappa shape index (κ3) is 4.18. The third-order valence-electron chi connectivity index (χ3n) is 2.69. The number of nitrogens with zero attached hydrogens (tertiary/aromatic N) is 3. The number of hydrogen-bond acceptors (Lipinski definition) is 6. The maximum absolute atomic E-state index is 11.2. The van der Waals surface area contributed by atoms with Crippen LogP contribution < -0.4 is 4.90 Å². The molecule has 20 heavy (non-hydrogen) atoms. The number of nitriles is 1. The molecule has 0 spiro atoms. The van der Waals surface area contributed by atoms with Gasteiger partial charge in [-0.3, -0.25) is 10.1 Å². The third-order valence-corrected chi connectivity index (χ3v) is 4.04. The SMILES string of the molecule is CC(C)CN(CCC#N)c1sc(C(C)O)cc1[N+](=O)[O-]. The zero-order valence-corrected chi connectivity index (χ0v) is 12.7. The van der Waals surface area contributed by atoms with Crippen molar-refractivity contribution in [2.24, 2.45) is 5.92 Å². The highest BCUT2D eigenvalue weighted by molar-refractivity contribution is 7.16. The lowest BCUT2D eigenvalue weighted by molar-refractivity contribution is -0.383. The van der Waals surface area contributed by atoms with Gasteiger partial charge in [0.25, 0.3) is 0 Å². The molecule has 1 atom stereocenters. The van der Waals surface area contributed by atoms with Gasteiger partial charge in [-0.15, -0.1) is 11.3 Å². The minimum Gasteiger partial charge on any atom is -0.388 e. The lowest BCUT2D eigenvalue weighted by Crippen LogP contribution is -2.28. The van der Waals surface area contributed by atoms with Crippen molar-refractivity contribution in [3.05, 3.63) is 21.1 Å². The smallest absolute Gasteiger partial charge is 0.304 e. The Balaban J connectivity index is 3.16. The van der Waals surface area contributed by atoms with Gasteiger partial charge in [0.1, 0.15) is 0 Å². The van der Waals surface area contributed by atoms with Crippen molar-refractivity contribution < 1.29 is 10.0 Å². The summed E-state index contributed by atoms with van der Waals surface area (Å²) in [5.41, 5.74) is 0.00416. The minimum atomic E-state index is -0.732. The van der Waals surface area contributed by atoms with E-state index >= 15 is 0 Å². The highest BCUT2D eigenvalue weighted by Gasteiger charge is 2.25. The Morgan fingerprint density at radius 3 is 2.65 bits per heavy atom. The van der Waals surface area contributed by atoms with Crippen molar-refractivity contribution in [1.29, 1.82) is 5.26 Å². The number of anilines is 1. The number of hydrogen-bond donors (Lipinski definition) is 1. The Bertz CT molecular complexity index is 505. The van der Waals surface area contributed by atoms with Crippen LogP contribution in [-0.2, 0) is 0 Å². The fourth-order valence-electron chi connectivity index (χ4n) is 1.85. The first-order chi connectivity index (χ1) is 9.36. The standard InChI is InChI=1S/C13H19N3O3S/c1-9(2)8-15(6-4-5-14)13-11(16(18)19)7-12(20-13)10(3)17/h7,9-10,17H,4,6,8H2,1-3H3. The molecule has 0 bridgehead atoms. The highest BCUT2D eigenvalue weighted by Crippen LogP contribution is 2.40. The number of nitro groups is 1. The first-order valence-corrected chi connectivity index (χ1v) is 7.26. The van der Waals surface area contributed by atoms with E-state index in [1.807, 2.05) is 18.7 Å². The molecule has 0 saturated carbocycles. The summed E-state index contributed by atoms with van der Waals surface area (Å²) in [5.74, 6) is 0.324. The molecule has 6 nitrogen and oxygen atoms in total. The first-order valence-electron chi connectivity index (χ1n) is 6.44. The molecule has 0 radical (unpaired) electrons. The maximum Gasteiger partial charge on any atom is 0.304 e. The predicted molar refractivity (Wildman–Crippen MR) is 78.9 cm³/mol. The van der Waals surface area contributed by atoms with E-state index < -0.39 is 11.0 Å². The lowest BCUT2D eigenvalue weighted by Gasteiger charge is -2.23. The van der Waals surface area contributed by atoms with Crippen LogP contribution in [0.2, 0.25) is 0 Å². The molecule has 1 aromatic heterocycles. The fourth-order valence-corrected chi connectivity index (χ4v) is 2.95. The van der Waals surface area contributed by atoms with Crippen LogP contribution in [0.3, 0.4) is 0 Å². The Morgan fingerprint density at radius 2 is 2.20 bits per heavy atom. The quantitative estimate of drug-likeness (QED) is 0.617. The van der Waals surface area contributed by atoms with Crippen LogP contribution in [0.15, 0.2) is 6.07 Å². The van der Waals surface area contributed by atoms with Crippen molar-refractivity contribution in [3.8, 4) is 6.07 Å². The number of rotatable bonds is 7. The van der Waals surface area contributed by atoms with E-state index in [1.54, 1.807) is 6.92 Å². The first kappa shape index (κ1) is 16.4. The molecule has 0 saturated heterocycles. The predicted octanol–water partition coefficient (Wildman–Crippen LogP) is 3.09.